The molecule has 0 unspecified atom stereocenters. The Labute approximate surface area is 133 Å². The molecule has 3 nitrogen and oxygen atoms in total. The van der Waals surface area contributed by atoms with Gasteiger partial charge < -0.3 is 9.32 Å². The van der Waals surface area contributed by atoms with E-state index in [1.807, 2.05) is 12.1 Å². The van der Waals surface area contributed by atoms with Gasteiger partial charge in [0.2, 0.25) is 5.69 Å². The summed E-state index contributed by atoms with van der Waals surface area (Å²) in [5.41, 5.74) is 3.33. The van der Waals surface area contributed by atoms with Crippen LogP contribution in [0.1, 0.15) is 12.6 Å². The fourth-order valence-electron chi connectivity index (χ4n) is 2.83. The summed E-state index contributed by atoms with van der Waals surface area (Å²) >= 11 is 1.69. The van der Waals surface area contributed by atoms with Gasteiger partial charge in [0.1, 0.15) is 17.8 Å². The number of benzene rings is 1. The number of nitrogens with zero attached hydrogens (tertiary/aromatic N) is 2. The SMILES string of the molecule is CC[n+]1ccccc1C=C1Sc2oc3ccccc3c2N1C. The molecule has 1 aromatic carbocycles. The molecule has 1 aliphatic heterocycles. The van der Waals surface area contributed by atoms with Crippen molar-refractivity contribution in [2.75, 3.05) is 11.9 Å². The number of para-hydroxylation sites is 1. The summed E-state index contributed by atoms with van der Waals surface area (Å²) in [4.78, 5) is 2.22. The summed E-state index contributed by atoms with van der Waals surface area (Å²) in [6.45, 7) is 3.12. The van der Waals surface area contributed by atoms with E-state index >= 15 is 0 Å². The van der Waals surface area contributed by atoms with Crippen molar-refractivity contribution in [3.05, 3.63) is 59.4 Å². The van der Waals surface area contributed by atoms with E-state index in [9.17, 15) is 0 Å². The summed E-state index contributed by atoms with van der Waals surface area (Å²) in [5.74, 6) is 0. The molecule has 0 spiro atoms. The monoisotopic (exact) mass is 309 g/mol. The van der Waals surface area contributed by atoms with Crippen LogP contribution in [0.5, 0.6) is 0 Å². The molecule has 0 saturated carbocycles. The molecule has 110 valence electrons. The average molecular weight is 309 g/mol. The summed E-state index contributed by atoms with van der Waals surface area (Å²) < 4.78 is 8.21. The summed E-state index contributed by atoms with van der Waals surface area (Å²) in [6.07, 6.45) is 4.33. The van der Waals surface area contributed by atoms with Crippen LogP contribution in [0.25, 0.3) is 17.0 Å². The molecule has 0 atom stereocenters. The van der Waals surface area contributed by atoms with E-state index in [1.165, 1.54) is 21.8 Å². The molecule has 0 fully saturated rings. The largest absolute Gasteiger partial charge is 0.447 e. The van der Waals surface area contributed by atoms with E-state index in [0.29, 0.717) is 0 Å². The highest BCUT2D eigenvalue weighted by molar-refractivity contribution is 8.03. The second kappa shape index (κ2) is 5.21. The molecule has 0 radical (unpaired) electrons. The molecular weight excluding hydrogens is 292 g/mol. The van der Waals surface area contributed by atoms with Crippen molar-refractivity contribution in [2.45, 2.75) is 18.6 Å². The fraction of sp³-hybridized carbons (Fsp3) is 0.167. The Hall–Kier alpha value is -2.20. The van der Waals surface area contributed by atoms with Crippen LogP contribution in [-0.4, -0.2) is 7.05 Å². The van der Waals surface area contributed by atoms with Gasteiger partial charge in [-0.3, -0.25) is 0 Å². The second-order valence-corrected chi connectivity index (χ2v) is 6.28. The van der Waals surface area contributed by atoms with E-state index in [4.69, 9.17) is 4.42 Å². The van der Waals surface area contributed by atoms with Crippen molar-refractivity contribution >= 4 is 34.5 Å². The van der Waals surface area contributed by atoms with Gasteiger partial charge in [-0.15, -0.1) is 0 Å². The number of fused-ring (bicyclic) bond motifs is 3. The third-order valence-electron chi connectivity index (χ3n) is 3.99. The summed E-state index contributed by atoms with van der Waals surface area (Å²) in [7, 11) is 2.10. The van der Waals surface area contributed by atoms with Crippen LogP contribution in [0, 0.1) is 0 Å². The van der Waals surface area contributed by atoms with Crippen LogP contribution >= 0.6 is 11.8 Å². The minimum Gasteiger partial charge on any atom is -0.447 e. The zero-order valence-electron chi connectivity index (χ0n) is 12.6. The highest BCUT2D eigenvalue weighted by atomic mass is 32.2. The van der Waals surface area contributed by atoms with Gasteiger partial charge in [0, 0.05) is 30.6 Å². The van der Waals surface area contributed by atoms with Gasteiger partial charge in [-0.1, -0.05) is 12.1 Å². The quantitative estimate of drug-likeness (QED) is 0.659. The number of hydrogen-bond acceptors (Lipinski definition) is 3. The number of pyridine rings is 1. The fourth-order valence-corrected chi connectivity index (χ4v) is 3.90. The van der Waals surface area contributed by atoms with Crippen LogP contribution in [-0.2, 0) is 6.54 Å². The molecule has 0 aliphatic carbocycles. The van der Waals surface area contributed by atoms with Gasteiger partial charge in [0.25, 0.3) is 0 Å². The lowest BCUT2D eigenvalue weighted by Gasteiger charge is -2.12. The Morgan fingerprint density at radius 1 is 1.18 bits per heavy atom. The third-order valence-corrected chi connectivity index (χ3v) is 5.05. The number of furan rings is 1. The molecule has 1 aliphatic rings. The first-order valence-corrected chi connectivity index (χ1v) is 8.23. The Bertz CT molecular complexity index is 882. The van der Waals surface area contributed by atoms with Crippen molar-refractivity contribution in [2.24, 2.45) is 0 Å². The summed E-state index contributed by atoms with van der Waals surface area (Å²) in [5, 5.41) is 3.34. The molecule has 0 saturated heterocycles. The third kappa shape index (κ3) is 2.03. The number of hydrogen-bond donors (Lipinski definition) is 0. The molecule has 0 bridgehead atoms. The molecule has 0 N–H and O–H groups in total. The van der Waals surface area contributed by atoms with E-state index in [2.05, 4.69) is 66.0 Å². The van der Waals surface area contributed by atoms with Crippen molar-refractivity contribution in [1.82, 2.24) is 0 Å². The number of anilines is 1. The molecule has 3 heterocycles. The van der Waals surface area contributed by atoms with Gasteiger partial charge in [0.05, 0.1) is 5.03 Å². The highest BCUT2D eigenvalue weighted by Gasteiger charge is 2.29. The predicted octanol–water partition coefficient (Wildman–Crippen LogP) is 4.28. The Morgan fingerprint density at radius 3 is 2.86 bits per heavy atom. The molecule has 3 aromatic rings. The van der Waals surface area contributed by atoms with Crippen molar-refractivity contribution in [1.29, 1.82) is 0 Å². The van der Waals surface area contributed by atoms with Gasteiger partial charge in [-0.05, 0) is 36.9 Å². The standard InChI is InChI=1S/C18H17N2OS/c1-3-20-11-7-6-8-13(20)12-16-19(2)17-14-9-4-5-10-15(14)21-18(17)22-16/h4-12H,3H2,1-2H3/q+1. The average Bonchev–Trinajstić information content (AvgIpc) is 3.05. The van der Waals surface area contributed by atoms with Crippen LogP contribution in [0.4, 0.5) is 5.69 Å². The van der Waals surface area contributed by atoms with Crippen molar-refractivity contribution in [3.63, 3.8) is 0 Å². The van der Waals surface area contributed by atoms with E-state index in [-0.39, 0.29) is 0 Å². The first-order valence-electron chi connectivity index (χ1n) is 7.41. The first-order chi connectivity index (χ1) is 10.8. The molecule has 0 amide bonds. The number of thioether (sulfide) groups is 1. The lowest BCUT2D eigenvalue weighted by Crippen LogP contribution is -2.35. The van der Waals surface area contributed by atoms with Crippen LogP contribution in [0.2, 0.25) is 0 Å². The van der Waals surface area contributed by atoms with E-state index < -0.39 is 0 Å². The molecular formula is C18H17N2OS+. The molecule has 4 heteroatoms. The van der Waals surface area contributed by atoms with Gasteiger partial charge in [0.15, 0.2) is 11.3 Å². The van der Waals surface area contributed by atoms with Crippen LogP contribution in [0.3, 0.4) is 0 Å². The minimum atomic E-state index is 0.953. The first kappa shape index (κ1) is 13.5. The smallest absolute Gasteiger partial charge is 0.207 e. The van der Waals surface area contributed by atoms with Gasteiger partial charge in [-0.25, -0.2) is 0 Å². The van der Waals surface area contributed by atoms with E-state index in [0.717, 1.165) is 17.2 Å². The van der Waals surface area contributed by atoms with Crippen molar-refractivity contribution < 1.29 is 8.98 Å². The molecule has 4 rings (SSSR count). The van der Waals surface area contributed by atoms with Crippen LogP contribution < -0.4 is 9.47 Å². The van der Waals surface area contributed by atoms with Crippen LogP contribution in [0.15, 0.2) is 63.2 Å². The Kier molecular flexibility index (Phi) is 3.19. The number of aryl methyl sites for hydroxylation is 1. The molecule has 22 heavy (non-hydrogen) atoms. The zero-order valence-corrected chi connectivity index (χ0v) is 13.4. The number of aromatic nitrogens is 1. The number of rotatable bonds is 2. The lowest BCUT2D eigenvalue weighted by atomic mass is 10.2. The van der Waals surface area contributed by atoms with Gasteiger partial charge in [-0.2, -0.15) is 4.57 Å². The van der Waals surface area contributed by atoms with Crippen molar-refractivity contribution in [3.8, 4) is 0 Å². The van der Waals surface area contributed by atoms with E-state index in [1.54, 1.807) is 11.8 Å². The van der Waals surface area contributed by atoms with Gasteiger partial charge >= 0.3 is 0 Å². The minimum absolute atomic E-state index is 0.953. The Balaban J connectivity index is 1.78. The summed E-state index contributed by atoms with van der Waals surface area (Å²) in [6, 6.07) is 14.5. The maximum atomic E-state index is 5.98. The molecule has 2 aromatic heterocycles. The zero-order chi connectivity index (χ0) is 15.1. The maximum absolute atomic E-state index is 5.98. The highest BCUT2D eigenvalue weighted by Crippen LogP contribution is 2.50. The second-order valence-electron chi connectivity index (χ2n) is 5.29. The lowest BCUT2D eigenvalue weighted by molar-refractivity contribution is -0.695. The predicted molar refractivity (Wildman–Crippen MR) is 90.8 cm³/mol. The normalized spacial score (nSPS) is 15.7. The maximum Gasteiger partial charge on any atom is 0.207 e. The Morgan fingerprint density at radius 2 is 2.00 bits per heavy atom. The topological polar surface area (TPSA) is 20.3 Å².